The normalized spacial score (nSPS) is 14.1. The number of para-hydroxylation sites is 2. The van der Waals surface area contributed by atoms with Gasteiger partial charge in [0.15, 0.2) is 0 Å². The maximum absolute atomic E-state index is 2.51. The minimum absolute atomic E-state index is 0.113. The van der Waals surface area contributed by atoms with Crippen LogP contribution in [0.1, 0.15) is 49.9 Å². The van der Waals surface area contributed by atoms with Crippen molar-refractivity contribution < 1.29 is 0 Å². The van der Waals surface area contributed by atoms with Gasteiger partial charge in [-0.1, -0.05) is 173 Å². The van der Waals surface area contributed by atoms with Crippen LogP contribution in [0.5, 0.6) is 0 Å². The third-order valence-electron chi connectivity index (χ3n) is 14.0. The summed E-state index contributed by atoms with van der Waals surface area (Å²) in [7, 11) is 0. The molecule has 1 heterocycles. The summed E-state index contributed by atoms with van der Waals surface area (Å²) in [5.41, 5.74) is 22.4. The fourth-order valence-electron chi connectivity index (χ4n) is 10.9. The molecule has 0 unspecified atom stereocenters. The number of hydrogen-bond acceptors (Lipinski definition) is 1. The Kier molecular flexibility index (Phi) is 7.96. The Bertz CT molecular complexity index is 3370. The van der Waals surface area contributed by atoms with Crippen LogP contribution in [0.4, 0.5) is 17.1 Å². The quantitative estimate of drug-likeness (QED) is 0.163. The summed E-state index contributed by atoms with van der Waals surface area (Å²) in [4.78, 5) is 2.43. The summed E-state index contributed by atoms with van der Waals surface area (Å²) in [6.07, 6.45) is 0. The molecule has 0 spiro atoms. The highest BCUT2D eigenvalue weighted by atomic mass is 15.1. The Morgan fingerprint density at radius 1 is 0.371 bits per heavy atom. The molecule has 2 heteroatoms. The highest BCUT2D eigenvalue weighted by molar-refractivity contribution is 6.21. The lowest BCUT2D eigenvalue weighted by molar-refractivity contribution is 0.660. The minimum Gasteiger partial charge on any atom is -0.310 e. The van der Waals surface area contributed by atoms with Gasteiger partial charge in [0.25, 0.3) is 0 Å². The van der Waals surface area contributed by atoms with Crippen LogP contribution in [0.15, 0.2) is 206 Å². The van der Waals surface area contributed by atoms with Gasteiger partial charge in [-0.2, -0.15) is 0 Å². The Morgan fingerprint density at radius 2 is 0.887 bits per heavy atom. The summed E-state index contributed by atoms with van der Waals surface area (Å²) in [6.45, 7) is 9.51. The molecule has 0 fully saturated rings. The molecule has 2 aliphatic rings. The maximum Gasteiger partial charge on any atom is 0.0625 e. The molecule has 0 atom stereocenters. The number of fused-ring (bicyclic) bond motifs is 10. The lowest BCUT2D eigenvalue weighted by Crippen LogP contribution is -2.16. The largest absolute Gasteiger partial charge is 0.310 e. The monoisotopic (exact) mass is 794 g/mol. The molecule has 0 saturated carbocycles. The third kappa shape index (κ3) is 5.29. The third-order valence-corrected chi connectivity index (χ3v) is 14.0. The van der Waals surface area contributed by atoms with Crippen LogP contribution in [0.25, 0.3) is 72.0 Å². The molecule has 0 N–H and O–H groups in total. The van der Waals surface area contributed by atoms with E-state index in [0.29, 0.717) is 0 Å². The molecule has 12 rings (SSSR count). The SMILES string of the molecule is CC1(C)c2ccccc2-c2ccc(N(c3ccc(-c4ccccc4)cc3)c3ccc(-c4cc5c(c6c7ccccc7n(-c7ccccc7)c46)-c4ccccc4C5(C)C)cc3)cc21. The van der Waals surface area contributed by atoms with Crippen molar-refractivity contribution in [2.45, 2.75) is 38.5 Å². The van der Waals surface area contributed by atoms with Crippen molar-refractivity contribution in [1.82, 2.24) is 4.57 Å². The lowest BCUT2D eigenvalue weighted by Gasteiger charge is -2.28. The second-order valence-electron chi connectivity index (χ2n) is 18.1. The molecule has 296 valence electrons. The highest BCUT2D eigenvalue weighted by Crippen LogP contribution is 2.56. The molecule has 0 radical (unpaired) electrons. The first-order chi connectivity index (χ1) is 30.3. The standard InChI is InChI=1S/C60H46N2/c1-59(2)51-24-14-11-21-46(51)47-36-35-45(37-53(47)59)61(43-31-27-40(28-32-43)39-17-7-5-8-18-39)44-33-29-41(30-34-44)50-38-54-56(48-22-12-15-25-52(48)60(54,3)4)57-49-23-13-16-26-55(49)62(58(50)57)42-19-9-6-10-20-42/h5-38H,1-4H3. The van der Waals surface area contributed by atoms with E-state index >= 15 is 0 Å². The summed E-state index contributed by atoms with van der Waals surface area (Å²) < 4.78 is 2.49. The van der Waals surface area contributed by atoms with Crippen LogP contribution in [0.3, 0.4) is 0 Å². The van der Waals surface area contributed by atoms with Crippen LogP contribution in [-0.2, 0) is 10.8 Å². The molecule has 0 bridgehead atoms. The molecule has 2 nitrogen and oxygen atoms in total. The van der Waals surface area contributed by atoms with Crippen LogP contribution < -0.4 is 4.90 Å². The number of rotatable bonds is 6. The smallest absolute Gasteiger partial charge is 0.0625 e. The van der Waals surface area contributed by atoms with Gasteiger partial charge >= 0.3 is 0 Å². The van der Waals surface area contributed by atoms with E-state index in [1.165, 1.54) is 88.6 Å². The average Bonchev–Trinajstić information content (AvgIpc) is 3.87. The van der Waals surface area contributed by atoms with Crippen LogP contribution >= 0.6 is 0 Å². The fourth-order valence-corrected chi connectivity index (χ4v) is 10.9. The Morgan fingerprint density at radius 3 is 1.60 bits per heavy atom. The molecule has 10 aromatic rings. The number of benzene rings is 9. The van der Waals surface area contributed by atoms with Gasteiger partial charge in [0.2, 0.25) is 0 Å². The molecule has 9 aromatic carbocycles. The Hall–Kier alpha value is -7.42. The molecule has 2 aliphatic carbocycles. The first-order valence-corrected chi connectivity index (χ1v) is 21.9. The van der Waals surface area contributed by atoms with E-state index in [-0.39, 0.29) is 10.8 Å². The van der Waals surface area contributed by atoms with E-state index in [2.05, 4.69) is 243 Å². The van der Waals surface area contributed by atoms with Crippen molar-refractivity contribution in [1.29, 1.82) is 0 Å². The molecule has 62 heavy (non-hydrogen) atoms. The Balaban J connectivity index is 1.06. The van der Waals surface area contributed by atoms with Gasteiger partial charge in [-0.3, -0.25) is 0 Å². The van der Waals surface area contributed by atoms with Crippen LogP contribution in [0, 0.1) is 0 Å². The number of aromatic nitrogens is 1. The lowest BCUT2D eigenvalue weighted by atomic mass is 9.81. The van der Waals surface area contributed by atoms with Crippen molar-refractivity contribution in [3.05, 3.63) is 229 Å². The average molecular weight is 795 g/mol. The summed E-state index contributed by atoms with van der Waals surface area (Å²) in [6, 6.07) is 76.4. The first kappa shape index (κ1) is 36.4. The Labute approximate surface area is 364 Å². The predicted molar refractivity (Wildman–Crippen MR) is 261 cm³/mol. The van der Waals surface area contributed by atoms with E-state index < -0.39 is 0 Å². The van der Waals surface area contributed by atoms with Gasteiger partial charge < -0.3 is 9.47 Å². The van der Waals surface area contributed by atoms with Crippen molar-refractivity contribution in [2.24, 2.45) is 0 Å². The molecular formula is C60H46N2. The highest BCUT2D eigenvalue weighted by Gasteiger charge is 2.39. The second-order valence-corrected chi connectivity index (χ2v) is 18.1. The topological polar surface area (TPSA) is 8.17 Å². The van der Waals surface area contributed by atoms with E-state index in [0.717, 1.165) is 22.7 Å². The van der Waals surface area contributed by atoms with E-state index in [1.807, 2.05) is 0 Å². The zero-order valence-electron chi connectivity index (χ0n) is 35.5. The zero-order chi connectivity index (χ0) is 41.7. The van der Waals surface area contributed by atoms with Crippen LogP contribution in [-0.4, -0.2) is 4.57 Å². The summed E-state index contributed by atoms with van der Waals surface area (Å²) in [5, 5.41) is 2.60. The molecular weight excluding hydrogens is 749 g/mol. The van der Waals surface area contributed by atoms with Crippen molar-refractivity contribution >= 4 is 38.9 Å². The number of anilines is 3. The summed E-state index contributed by atoms with van der Waals surface area (Å²) >= 11 is 0. The van der Waals surface area contributed by atoms with Gasteiger partial charge in [-0.05, 0) is 122 Å². The van der Waals surface area contributed by atoms with Crippen molar-refractivity contribution in [3.8, 4) is 50.2 Å². The van der Waals surface area contributed by atoms with Gasteiger partial charge in [0, 0.05) is 49.9 Å². The number of hydrogen-bond donors (Lipinski definition) is 0. The molecule has 0 aliphatic heterocycles. The zero-order valence-corrected chi connectivity index (χ0v) is 35.5. The van der Waals surface area contributed by atoms with Gasteiger partial charge in [-0.15, -0.1) is 0 Å². The minimum atomic E-state index is -0.158. The molecule has 0 amide bonds. The fraction of sp³-hybridized carbons (Fsp3) is 0.100. The molecule has 0 saturated heterocycles. The predicted octanol–water partition coefficient (Wildman–Crippen LogP) is 16.2. The van der Waals surface area contributed by atoms with Gasteiger partial charge in [0.1, 0.15) is 0 Å². The van der Waals surface area contributed by atoms with Crippen LogP contribution in [0.2, 0.25) is 0 Å². The number of nitrogens with zero attached hydrogens (tertiary/aromatic N) is 2. The van der Waals surface area contributed by atoms with Gasteiger partial charge in [0.05, 0.1) is 11.0 Å². The van der Waals surface area contributed by atoms with Crippen molar-refractivity contribution in [2.75, 3.05) is 4.90 Å². The van der Waals surface area contributed by atoms with Crippen molar-refractivity contribution in [3.63, 3.8) is 0 Å². The van der Waals surface area contributed by atoms with E-state index in [1.54, 1.807) is 0 Å². The maximum atomic E-state index is 2.51. The molecule has 1 aromatic heterocycles. The first-order valence-electron chi connectivity index (χ1n) is 21.9. The van der Waals surface area contributed by atoms with Gasteiger partial charge in [-0.25, -0.2) is 0 Å². The summed E-state index contributed by atoms with van der Waals surface area (Å²) in [5.74, 6) is 0. The van der Waals surface area contributed by atoms with E-state index in [4.69, 9.17) is 0 Å². The second kappa shape index (κ2) is 13.5. The van der Waals surface area contributed by atoms with E-state index in [9.17, 15) is 0 Å².